The molecule has 16 heteroatoms. The molecular formula is B4O9Zn3. The summed E-state index contributed by atoms with van der Waals surface area (Å²) in [4.78, 5) is 0. The summed E-state index contributed by atoms with van der Waals surface area (Å²) in [6.45, 7) is 0. The van der Waals surface area contributed by atoms with Crippen LogP contribution in [0, 0.1) is 0 Å². The van der Waals surface area contributed by atoms with Gasteiger partial charge in [0.2, 0.25) is 0 Å². The monoisotopic (exact) mass is 380 g/mol. The predicted octanol–water partition coefficient (Wildman–Crippen LogP) is -2.50. The van der Waals surface area contributed by atoms with Crippen LogP contribution in [-0.4, -0.2) is 29.4 Å². The van der Waals surface area contributed by atoms with Crippen LogP contribution in [-0.2, 0) is 103 Å². The van der Waals surface area contributed by atoms with Crippen molar-refractivity contribution in [1.29, 1.82) is 0 Å². The molecule has 16 heavy (non-hydrogen) atoms. The van der Waals surface area contributed by atoms with Crippen molar-refractivity contribution in [3.63, 3.8) is 0 Å². The van der Waals surface area contributed by atoms with E-state index in [4.69, 9.17) is 18.8 Å². The molecule has 0 aromatic heterocycles. The Morgan fingerprint density at radius 3 is 0.625 bits per heavy atom. The predicted molar refractivity (Wildman–Crippen MR) is 30.0 cm³/mol. The normalized spacial score (nSPS) is 2.50. The van der Waals surface area contributed by atoms with Gasteiger partial charge in [0.1, 0.15) is 0 Å². The van der Waals surface area contributed by atoms with E-state index in [0.29, 0.717) is 0 Å². The zero-order valence-electron chi connectivity index (χ0n) is 8.10. The Morgan fingerprint density at radius 2 is 0.625 bits per heavy atom. The first-order valence-corrected chi connectivity index (χ1v) is 1.89. The first-order chi connectivity index (χ1) is 4.83. The summed E-state index contributed by atoms with van der Waals surface area (Å²) in [6, 6.07) is 0. The molecule has 0 spiro atoms. The van der Waals surface area contributed by atoms with Crippen molar-refractivity contribution in [2.45, 2.75) is 0 Å². The Morgan fingerprint density at radius 1 is 0.500 bits per heavy atom. The molecule has 0 atom stereocenters. The molecule has 72 valence electrons. The van der Waals surface area contributed by atoms with Crippen LogP contribution in [0.2, 0.25) is 0 Å². The van der Waals surface area contributed by atoms with Crippen LogP contribution >= 0.6 is 0 Å². The second kappa shape index (κ2) is 74.8. The van der Waals surface area contributed by atoms with Gasteiger partial charge in [-0.3, -0.25) is 0 Å². The van der Waals surface area contributed by atoms with E-state index in [2.05, 4.69) is 9.14 Å². The number of hydrogen-bond donors (Lipinski definition) is 0. The largest absolute Gasteiger partial charge is 2.00 e. The summed E-state index contributed by atoms with van der Waals surface area (Å²) in [5.41, 5.74) is 0. The maximum absolute atomic E-state index is 8.95. The van der Waals surface area contributed by atoms with E-state index >= 15 is 0 Å². The quantitative estimate of drug-likeness (QED) is 0.485. The van der Waals surface area contributed by atoms with Gasteiger partial charge in [-0.1, -0.05) is 0 Å². The average molecular weight is 383 g/mol. The van der Waals surface area contributed by atoms with E-state index in [1.54, 1.807) is 0 Å². The Balaban J connectivity index is -0.00000000970. The van der Waals surface area contributed by atoms with Crippen molar-refractivity contribution in [2.75, 3.05) is 0 Å². The van der Waals surface area contributed by atoms with Gasteiger partial charge in [-0.15, -0.1) is 0 Å². The third kappa shape index (κ3) is 122. The fourth-order valence-corrected chi connectivity index (χ4v) is 0.0454. The molecule has 0 aromatic rings. The van der Waals surface area contributed by atoms with E-state index < -0.39 is 0 Å². The third-order valence-electron chi connectivity index (χ3n) is 0.222. The van der Waals surface area contributed by atoms with Crippen molar-refractivity contribution in [3.8, 4) is 0 Å². The van der Waals surface area contributed by atoms with Crippen molar-refractivity contribution >= 4 is 29.4 Å². The van der Waals surface area contributed by atoms with Gasteiger partial charge in [0.15, 0.2) is 0 Å². The first-order valence-electron chi connectivity index (χ1n) is 1.89. The summed E-state index contributed by atoms with van der Waals surface area (Å²) in [7, 11) is 0.250. The Labute approximate surface area is 131 Å². The van der Waals surface area contributed by atoms with E-state index in [1.165, 1.54) is 0 Å². The summed E-state index contributed by atoms with van der Waals surface area (Å²) in [6.07, 6.45) is 0. The maximum Gasteiger partial charge on any atom is 2.00 e. The molecule has 0 saturated heterocycles. The minimum Gasteiger partial charge on any atom is -2.00 e. The van der Waals surface area contributed by atoms with Gasteiger partial charge in [0, 0.05) is 0 Å². The van der Waals surface area contributed by atoms with Gasteiger partial charge >= 0.3 is 116 Å². The van der Waals surface area contributed by atoms with E-state index in [-0.39, 0.29) is 104 Å². The smallest absolute Gasteiger partial charge is 2.00 e. The van der Waals surface area contributed by atoms with Crippen LogP contribution in [0.1, 0.15) is 0 Å². The van der Waals surface area contributed by atoms with Crippen molar-refractivity contribution in [2.24, 2.45) is 0 Å². The molecule has 0 aliphatic rings. The van der Waals surface area contributed by atoms with Gasteiger partial charge in [-0.25, -0.2) is 0 Å². The molecule has 0 heterocycles. The molecule has 0 fully saturated rings. The zero-order valence-corrected chi connectivity index (χ0v) is 17.0. The van der Waals surface area contributed by atoms with Crippen LogP contribution in [0.3, 0.4) is 0 Å². The van der Waals surface area contributed by atoms with E-state index in [0.717, 1.165) is 0 Å². The van der Waals surface area contributed by atoms with Crippen LogP contribution < -0.4 is 0 Å². The Kier molecular flexibility index (Phi) is 253. The minimum atomic E-state index is 0. The fourth-order valence-electron chi connectivity index (χ4n) is 0.0454. The van der Waals surface area contributed by atoms with Crippen LogP contribution in [0.5, 0.6) is 0 Å². The molecule has 0 unspecified atom stereocenters. The topological polar surface area (TPSA) is 172 Å². The molecule has 0 aliphatic carbocycles. The van der Waals surface area contributed by atoms with Gasteiger partial charge in [-0.2, -0.15) is 0 Å². The molecule has 0 bridgehead atoms. The van der Waals surface area contributed by atoms with Crippen molar-refractivity contribution in [1.82, 2.24) is 0 Å². The second-order valence-electron chi connectivity index (χ2n) is 0.657. The molecule has 0 radical (unpaired) electrons. The van der Waals surface area contributed by atoms with Crippen LogP contribution in [0.25, 0.3) is 0 Å². The molecular weight excluding hydrogens is 383 g/mol. The summed E-state index contributed by atoms with van der Waals surface area (Å²) in [5.74, 6) is 0. The van der Waals surface area contributed by atoms with Gasteiger partial charge in [0.25, 0.3) is 0 Å². The van der Waals surface area contributed by atoms with E-state index in [9.17, 15) is 0 Å². The maximum atomic E-state index is 8.95. The summed E-state index contributed by atoms with van der Waals surface area (Å²) in [5, 5.41) is 0. The third-order valence-corrected chi connectivity index (χ3v) is 0.222. The average Bonchev–Trinajstić information content (AvgIpc) is 1.93. The van der Waals surface area contributed by atoms with Crippen molar-refractivity contribution in [3.05, 3.63) is 0 Å². The molecule has 0 rings (SSSR count). The molecule has 0 N–H and O–H groups in total. The second-order valence-corrected chi connectivity index (χ2v) is 0.657. The molecule has 0 saturated carbocycles. The van der Waals surface area contributed by atoms with Gasteiger partial charge in [-0.05, 0) is 0 Å². The number of rotatable bonds is 4. The van der Waals surface area contributed by atoms with Crippen LogP contribution in [0.4, 0.5) is 0 Å². The standard InChI is InChI=1S/2B2O3.3O.3Zn/c2*3-1-5-2-4;;;;;;/q;;3*-2;3*+2. The molecule has 0 aromatic carbocycles. The Bertz CT molecular complexity index is 95.3. The minimum absolute atomic E-state index is 0. The summed E-state index contributed by atoms with van der Waals surface area (Å²) >= 11 is 0. The summed E-state index contributed by atoms with van der Waals surface area (Å²) < 4.78 is 42.8. The SMILES string of the molecule is O=BOB=O.O=BOB=O.[O-2].[O-2].[O-2].[Zn+2].[Zn+2].[Zn+2]. The molecule has 0 aliphatic heterocycles. The molecule has 0 amide bonds. The van der Waals surface area contributed by atoms with E-state index in [1.807, 2.05) is 0 Å². The van der Waals surface area contributed by atoms with Gasteiger partial charge in [0.05, 0.1) is 0 Å². The van der Waals surface area contributed by atoms with Crippen molar-refractivity contribution < 1.29 is 103 Å². The first kappa shape index (κ1) is 54.1. The van der Waals surface area contributed by atoms with Crippen LogP contribution in [0.15, 0.2) is 0 Å². The molecule has 9 nitrogen and oxygen atoms in total. The fraction of sp³-hybridized carbons (Fsp3) is 0. The van der Waals surface area contributed by atoms with Gasteiger partial charge < -0.3 is 16.4 Å². The zero-order chi connectivity index (χ0) is 8.24. The number of hydrogen-bond acceptors (Lipinski definition) is 6. The Hall–Kier alpha value is 0.810.